The Hall–Kier alpha value is -1.59. The van der Waals surface area contributed by atoms with E-state index in [9.17, 15) is 15.0 Å². The molecule has 1 aromatic carbocycles. The second kappa shape index (κ2) is 4.52. The van der Waals surface area contributed by atoms with Crippen molar-refractivity contribution in [3.63, 3.8) is 0 Å². The number of ether oxygens (including phenoxy) is 1. The van der Waals surface area contributed by atoms with Crippen LogP contribution in [0.15, 0.2) is 6.07 Å². The predicted molar refractivity (Wildman–Crippen MR) is 87.7 cm³/mol. The molecule has 4 aliphatic rings. The van der Waals surface area contributed by atoms with E-state index >= 15 is 0 Å². The molecule has 2 aliphatic carbocycles. The number of phenols is 1. The summed E-state index contributed by atoms with van der Waals surface area (Å²) in [5.41, 5.74) is 2.44. The summed E-state index contributed by atoms with van der Waals surface area (Å²) in [7, 11) is 2.16. The van der Waals surface area contributed by atoms with E-state index in [1.54, 1.807) is 13.0 Å². The van der Waals surface area contributed by atoms with Crippen LogP contribution in [0.1, 0.15) is 47.7 Å². The first kappa shape index (κ1) is 14.7. The van der Waals surface area contributed by atoms with Crippen molar-refractivity contribution >= 4 is 5.78 Å². The molecule has 2 bridgehead atoms. The number of likely N-dealkylation sites (tertiary alicyclic amines) is 1. The van der Waals surface area contributed by atoms with Crippen molar-refractivity contribution in [2.75, 3.05) is 13.6 Å². The number of hydrogen-bond acceptors (Lipinski definition) is 5. The maximum Gasteiger partial charge on any atom is 0.165 e. The van der Waals surface area contributed by atoms with Gasteiger partial charge in [-0.2, -0.15) is 0 Å². The summed E-state index contributed by atoms with van der Waals surface area (Å²) in [5.74, 6) is 0.971. The van der Waals surface area contributed by atoms with Gasteiger partial charge in [-0.3, -0.25) is 4.79 Å². The molecule has 2 heterocycles. The van der Waals surface area contributed by atoms with Crippen LogP contribution < -0.4 is 4.74 Å². The molecule has 5 nitrogen and oxygen atoms in total. The summed E-state index contributed by atoms with van der Waals surface area (Å²) in [6, 6.07) is 1.94. The normalized spacial score (nSPS) is 39.3. The van der Waals surface area contributed by atoms with Gasteiger partial charge in [-0.05, 0) is 63.7 Å². The molecule has 1 saturated carbocycles. The number of ketones is 1. The molecule has 2 fully saturated rings. The van der Waals surface area contributed by atoms with Gasteiger partial charge in [0.15, 0.2) is 17.3 Å². The van der Waals surface area contributed by atoms with Gasteiger partial charge < -0.3 is 19.8 Å². The standard InChI is InChI=1S/C19H23NO4/c1-9(21)10-8-15(23)17-16-11(10)7-13-12-3-4-14(22)18(24-17)19(12,16)5-6-20(13)2/h8,12-14,18,22-23H,3-7H2,1-2H3. The quantitative estimate of drug-likeness (QED) is 0.766. The van der Waals surface area contributed by atoms with Crippen molar-refractivity contribution in [2.45, 2.75) is 56.3 Å². The zero-order valence-electron chi connectivity index (χ0n) is 14.1. The van der Waals surface area contributed by atoms with Gasteiger partial charge in [-0.1, -0.05) is 0 Å². The van der Waals surface area contributed by atoms with Crippen LogP contribution in [-0.2, 0) is 11.8 Å². The highest BCUT2D eigenvalue weighted by Gasteiger charge is 2.65. The number of hydrogen-bond donors (Lipinski definition) is 2. The highest BCUT2D eigenvalue weighted by molar-refractivity contribution is 5.97. The van der Waals surface area contributed by atoms with Crippen molar-refractivity contribution < 1.29 is 19.7 Å². The molecule has 0 radical (unpaired) electrons. The summed E-state index contributed by atoms with van der Waals surface area (Å²) >= 11 is 0. The summed E-state index contributed by atoms with van der Waals surface area (Å²) in [5, 5.41) is 21.1. The number of rotatable bonds is 1. The Morgan fingerprint density at radius 2 is 2.21 bits per heavy atom. The number of Topliss-reactive ketones (excluding diaryl/α,β-unsaturated/α-hetero) is 1. The van der Waals surface area contributed by atoms with Gasteiger partial charge >= 0.3 is 0 Å². The molecule has 5 rings (SSSR count). The van der Waals surface area contributed by atoms with Gasteiger partial charge in [0.2, 0.25) is 0 Å². The van der Waals surface area contributed by atoms with Crippen LogP contribution >= 0.6 is 0 Å². The van der Waals surface area contributed by atoms with Crippen molar-refractivity contribution in [3.05, 3.63) is 22.8 Å². The number of aliphatic hydroxyl groups is 1. The van der Waals surface area contributed by atoms with Crippen molar-refractivity contribution in [1.82, 2.24) is 4.90 Å². The van der Waals surface area contributed by atoms with E-state index < -0.39 is 6.10 Å². The van der Waals surface area contributed by atoms with Gasteiger partial charge in [-0.15, -0.1) is 0 Å². The predicted octanol–water partition coefficient (Wildman–Crippen LogP) is 1.62. The molecule has 0 aromatic heterocycles. The van der Waals surface area contributed by atoms with E-state index in [2.05, 4.69) is 11.9 Å². The average molecular weight is 329 g/mol. The monoisotopic (exact) mass is 329 g/mol. The Bertz CT molecular complexity index is 760. The highest BCUT2D eigenvalue weighted by Crippen LogP contribution is 2.64. The minimum absolute atomic E-state index is 0.0153. The van der Waals surface area contributed by atoms with Crippen LogP contribution in [0.2, 0.25) is 0 Å². The molecule has 1 saturated heterocycles. The lowest BCUT2D eigenvalue weighted by atomic mass is 9.51. The molecule has 5 atom stereocenters. The number of carbonyl (C=O) groups excluding carboxylic acids is 1. The van der Waals surface area contributed by atoms with Gasteiger partial charge in [0.05, 0.1) is 6.10 Å². The average Bonchev–Trinajstić information content (AvgIpc) is 2.89. The minimum Gasteiger partial charge on any atom is -0.504 e. The lowest BCUT2D eigenvalue weighted by molar-refractivity contribution is -0.0993. The molecular formula is C19H23NO4. The Labute approximate surface area is 141 Å². The van der Waals surface area contributed by atoms with E-state index in [1.165, 1.54) is 0 Å². The molecule has 5 heteroatoms. The Kier molecular flexibility index (Phi) is 2.78. The van der Waals surface area contributed by atoms with Gasteiger partial charge in [0.1, 0.15) is 6.10 Å². The molecule has 1 spiro atoms. The van der Waals surface area contributed by atoms with Crippen molar-refractivity contribution in [3.8, 4) is 11.5 Å². The maximum absolute atomic E-state index is 12.2. The molecule has 0 amide bonds. The first-order valence-electron chi connectivity index (χ1n) is 8.90. The van der Waals surface area contributed by atoms with E-state index in [4.69, 9.17) is 4.74 Å². The minimum atomic E-state index is -0.510. The third-order valence-electron chi connectivity index (χ3n) is 7.07. The van der Waals surface area contributed by atoms with Crippen LogP contribution in [0.4, 0.5) is 0 Å². The Morgan fingerprint density at radius 3 is 2.96 bits per heavy atom. The first-order valence-corrected chi connectivity index (χ1v) is 8.90. The first-order chi connectivity index (χ1) is 11.4. The Balaban J connectivity index is 1.84. The number of carbonyl (C=O) groups is 1. The van der Waals surface area contributed by atoms with Crippen LogP contribution in [-0.4, -0.2) is 52.7 Å². The second-order valence-corrected chi connectivity index (χ2v) is 8.01. The lowest BCUT2D eigenvalue weighted by Crippen LogP contribution is -2.66. The van der Waals surface area contributed by atoms with Gasteiger partial charge in [0.25, 0.3) is 0 Å². The topological polar surface area (TPSA) is 70.0 Å². The number of nitrogens with zero attached hydrogens (tertiary/aromatic N) is 1. The van der Waals surface area contributed by atoms with Crippen LogP contribution in [0.3, 0.4) is 0 Å². The Morgan fingerprint density at radius 1 is 1.42 bits per heavy atom. The molecule has 1 aromatic rings. The fourth-order valence-electron chi connectivity index (χ4n) is 6.11. The van der Waals surface area contributed by atoms with Crippen molar-refractivity contribution in [2.24, 2.45) is 5.92 Å². The number of piperidine rings is 1. The fourth-order valence-corrected chi connectivity index (χ4v) is 6.11. The number of phenolic OH excluding ortho intramolecular Hbond substituents is 1. The molecule has 128 valence electrons. The van der Waals surface area contributed by atoms with Crippen LogP contribution in [0.5, 0.6) is 11.5 Å². The molecular weight excluding hydrogens is 306 g/mol. The number of benzene rings is 1. The smallest absolute Gasteiger partial charge is 0.165 e. The third-order valence-corrected chi connectivity index (χ3v) is 7.07. The van der Waals surface area contributed by atoms with E-state index in [1.807, 2.05) is 0 Å². The number of likely N-dealkylation sites (N-methyl/N-ethyl adjacent to an activating group) is 1. The molecule has 24 heavy (non-hydrogen) atoms. The maximum atomic E-state index is 12.2. The van der Waals surface area contributed by atoms with E-state index in [-0.39, 0.29) is 23.1 Å². The molecule has 5 unspecified atom stereocenters. The zero-order chi connectivity index (χ0) is 16.8. The lowest BCUT2D eigenvalue weighted by Gasteiger charge is -2.58. The van der Waals surface area contributed by atoms with Crippen LogP contribution in [0.25, 0.3) is 0 Å². The summed E-state index contributed by atoms with van der Waals surface area (Å²) in [4.78, 5) is 14.6. The summed E-state index contributed by atoms with van der Waals surface area (Å²) < 4.78 is 6.16. The largest absolute Gasteiger partial charge is 0.504 e. The number of aromatic hydroxyl groups is 1. The molecule has 2 N–H and O–H groups in total. The fraction of sp³-hybridized carbons (Fsp3) is 0.632. The highest BCUT2D eigenvalue weighted by atomic mass is 16.5. The third kappa shape index (κ3) is 1.51. The number of aliphatic hydroxyl groups excluding tert-OH is 1. The summed E-state index contributed by atoms with van der Waals surface area (Å²) in [6.07, 6.45) is 2.64. The van der Waals surface area contributed by atoms with E-state index in [0.29, 0.717) is 23.3 Å². The van der Waals surface area contributed by atoms with E-state index in [0.717, 1.165) is 43.4 Å². The zero-order valence-corrected chi connectivity index (χ0v) is 14.1. The van der Waals surface area contributed by atoms with Gasteiger partial charge in [0, 0.05) is 22.6 Å². The van der Waals surface area contributed by atoms with Crippen molar-refractivity contribution in [1.29, 1.82) is 0 Å². The second-order valence-electron chi connectivity index (χ2n) is 8.01. The summed E-state index contributed by atoms with van der Waals surface area (Å²) in [6.45, 7) is 2.52. The SMILES string of the molecule is CC(=O)c1cc(O)c2c3c1CC1C4CCC(O)C(O2)C34CCN1C. The van der Waals surface area contributed by atoms with Crippen LogP contribution in [0, 0.1) is 5.92 Å². The molecule has 2 aliphatic heterocycles. The van der Waals surface area contributed by atoms with Gasteiger partial charge in [-0.25, -0.2) is 0 Å².